The van der Waals surface area contributed by atoms with Crippen LogP contribution in [0.3, 0.4) is 0 Å². The van der Waals surface area contributed by atoms with E-state index in [4.69, 9.17) is 17.3 Å². The topological polar surface area (TPSA) is 118 Å². The molecule has 28 heavy (non-hydrogen) atoms. The first-order valence-corrected chi connectivity index (χ1v) is 8.81. The van der Waals surface area contributed by atoms with E-state index < -0.39 is 0 Å². The lowest BCUT2D eigenvalue weighted by molar-refractivity contribution is 0.873. The molecule has 0 aliphatic carbocycles. The van der Waals surface area contributed by atoms with Crippen LogP contribution in [0, 0.1) is 11.3 Å². The van der Waals surface area contributed by atoms with Crippen LogP contribution in [-0.2, 0) is 0 Å². The molecule has 0 saturated carbocycles. The second-order valence-corrected chi connectivity index (χ2v) is 6.52. The molecule has 4 rings (SSSR count). The lowest BCUT2D eigenvalue weighted by Gasteiger charge is -2.15. The van der Waals surface area contributed by atoms with Crippen LogP contribution in [-0.4, -0.2) is 24.5 Å². The highest BCUT2D eigenvalue weighted by Gasteiger charge is 2.20. The minimum absolute atomic E-state index is 0.129. The average molecular weight is 391 g/mol. The number of fused-ring (bicyclic) bond motifs is 1. The summed E-state index contributed by atoms with van der Waals surface area (Å²) in [6, 6.07) is 7.35. The Balaban J connectivity index is 1.83. The van der Waals surface area contributed by atoms with Crippen LogP contribution >= 0.6 is 11.6 Å². The van der Waals surface area contributed by atoms with Crippen molar-refractivity contribution in [3.63, 3.8) is 0 Å². The maximum atomic E-state index is 9.36. The monoisotopic (exact) mass is 390 g/mol. The Kier molecular flexibility index (Phi) is 4.51. The van der Waals surface area contributed by atoms with Crippen molar-refractivity contribution in [2.24, 2.45) is 0 Å². The molecule has 0 radical (unpaired) electrons. The van der Waals surface area contributed by atoms with E-state index >= 15 is 0 Å². The van der Waals surface area contributed by atoms with Crippen molar-refractivity contribution in [2.75, 3.05) is 11.1 Å². The summed E-state index contributed by atoms with van der Waals surface area (Å²) < 4.78 is 1.93. The zero-order valence-corrected chi connectivity index (χ0v) is 15.6. The fourth-order valence-corrected chi connectivity index (χ4v) is 3.32. The molecule has 0 amide bonds. The van der Waals surface area contributed by atoms with Crippen LogP contribution in [0.4, 0.5) is 11.6 Å². The molecule has 1 atom stereocenters. The van der Waals surface area contributed by atoms with Gasteiger partial charge in [0.1, 0.15) is 35.2 Å². The van der Waals surface area contributed by atoms with E-state index in [2.05, 4.69) is 25.3 Å². The van der Waals surface area contributed by atoms with Gasteiger partial charge in [-0.2, -0.15) is 5.26 Å². The van der Waals surface area contributed by atoms with Gasteiger partial charge in [0.25, 0.3) is 0 Å². The van der Waals surface area contributed by atoms with Crippen LogP contribution < -0.4 is 11.1 Å². The number of aromatic nitrogens is 5. The van der Waals surface area contributed by atoms with E-state index in [1.807, 2.05) is 35.9 Å². The summed E-state index contributed by atoms with van der Waals surface area (Å²) in [6.07, 6.45) is 8.40. The second kappa shape index (κ2) is 7.13. The molecule has 1 unspecified atom stereocenters. The molecular weight excluding hydrogens is 376 g/mol. The first kappa shape index (κ1) is 17.7. The highest BCUT2D eigenvalue weighted by atomic mass is 35.5. The predicted molar refractivity (Wildman–Crippen MR) is 107 cm³/mol. The molecule has 4 heterocycles. The summed E-state index contributed by atoms with van der Waals surface area (Å²) in [7, 11) is 0. The van der Waals surface area contributed by atoms with Gasteiger partial charge in [-0.15, -0.1) is 0 Å². The van der Waals surface area contributed by atoms with E-state index in [9.17, 15) is 5.26 Å². The van der Waals surface area contributed by atoms with Crippen LogP contribution in [0.1, 0.15) is 24.1 Å². The fraction of sp³-hybridized carbons (Fsp3) is 0.105. The Morgan fingerprint density at radius 1 is 1.25 bits per heavy atom. The molecule has 0 aliphatic heterocycles. The molecule has 4 aromatic heterocycles. The zero-order chi connectivity index (χ0) is 19.7. The maximum absolute atomic E-state index is 9.36. The second-order valence-electron chi connectivity index (χ2n) is 6.12. The summed E-state index contributed by atoms with van der Waals surface area (Å²) in [4.78, 5) is 16.7. The van der Waals surface area contributed by atoms with Crippen molar-refractivity contribution in [2.45, 2.75) is 13.0 Å². The number of nitriles is 1. The number of rotatable bonds is 4. The van der Waals surface area contributed by atoms with Crippen LogP contribution in [0.2, 0.25) is 5.02 Å². The van der Waals surface area contributed by atoms with Crippen molar-refractivity contribution in [3.05, 3.63) is 65.5 Å². The van der Waals surface area contributed by atoms with Gasteiger partial charge in [0, 0.05) is 29.5 Å². The number of nitrogens with one attached hydrogen (secondary N) is 1. The van der Waals surface area contributed by atoms with Gasteiger partial charge in [-0.1, -0.05) is 11.6 Å². The van der Waals surface area contributed by atoms with Crippen molar-refractivity contribution >= 4 is 34.3 Å². The van der Waals surface area contributed by atoms with Crippen LogP contribution in [0.5, 0.6) is 0 Å². The van der Waals surface area contributed by atoms with Gasteiger partial charge >= 0.3 is 0 Å². The third kappa shape index (κ3) is 2.98. The number of anilines is 2. The van der Waals surface area contributed by atoms with Gasteiger partial charge in [-0.05, 0) is 25.1 Å². The standard InChI is InChI=1S/C19H15ClN8/c1-11(27-18-13(7-21)17(22)25-10-26-18)14-9-28(12-3-2-5-23-8-12)19-16(14)15(20)4-6-24-19/h2-6,8-11H,1H3,(H3,22,25,26,27). The van der Waals surface area contributed by atoms with E-state index in [0.29, 0.717) is 16.5 Å². The van der Waals surface area contributed by atoms with Gasteiger partial charge in [-0.3, -0.25) is 9.55 Å². The number of pyridine rings is 2. The largest absolute Gasteiger partial charge is 0.382 e. The summed E-state index contributed by atoms with van der Waals surface area (Å²) in [5, 5.41) is 14.0. The highest BCUT2D eigenvalue weighted by molar-refractivity contribution is 6.35. The summed E-state index contributed by atoms with van der Waals surface area (Å²) in [5.74, 6) is 0.495. The van der Waals surface area contributed by atoms with Crippen molar-refractivity contribution < 1.29 is 0 Å². The number of hydrogen-bond donors (Lipinski definition) is 2. The fourth-order valence-electron chi connectivity index (χ4n) is 3.07. The van der Waals surface area contributed by atoms with E-state index in [0.717, 1.165) is 16.6 Å². The first-order valence-electron chi connectivity index (χ1n) is 8.43. The smallest absolute Gasteiger partial charge is 0.150 e. The minimum Gasteiger partial charge on any atom is -0.382 e. The molecule has 0 saturated heterocycles. The zero-order valence-electron chi connectivity index (χ0n) is 14.8. The molecule has 0 aromatic carbocycles. The van der Waals surface area contributed by atoms with E-state index in [-0.39, 0.29) is 17.4 Å². The molecular formula is C19H15ClN8. The SMILES string of the molecule is CC(Nc1ncnc(N)c1C#N)c1cn(-c2cccnc2)c2nccc(Cl)c12. The highest BCUT2D eigenvalue weighted by Crippen LogP contribution is 2.34. The molecule has 4 aromatic rings. The van der Waals surface area contributed by atoms with Crippen LogP contribution in [0.25, 0.3) is 16.7 Å². The number of hydrogen-bond acceptors (Lipinski definition) is 7. The van der Waals surface area contributed by atoms with Gasteiger partial charge in [0.05, 0.1) is 22.9 Å². The minimum atomic E-state index is -0.233. The molecule has 8 nitrogen and oxygen atoms in total. The maximum Gasteiger partial charge on any atom is 0.150 e. The predicted octanol–water partition coefficient (Wildman–Crippen LogP) is 3.49. The van der Waals surface area contributed by atoms with Gasteiger partial charge < -0.3 is 11.1 Å². The molecule has 0 spiro atoms. The number of halogens is 1. The van der Waals surface area contributed by atoms with E-state index in [1.54, 1.807) is 24.7 Å². The van der Waals surface area contributed by atoms with Gasteiger partial charge in [0.2, 0.25) is 0 Å². The Labute approximate surface area is 165 Å². The quantitative estimate of drug-likeness (QED) is 0.547. The van der Waals surface area contributed by atoms with Crippen molar-refractivity contribution in [1.29, 1.82) is 5.26 Å². The van der Waals surface area contributed by atoms with Crippen molar-refractivity contribution in [3.8, 4) is 11.8 Å². The van der Waals surface area contributed by atoms with Crippen LogP contribution in [0.15, 0.2) is 49.3 Å². The Hall–Kier alpha value is -3.70. The lowest BCUT2D eigenvalue weighted by Crippen LogP contribution is -2.11. The van der Waals surface area contributed by atoms with Gasteiger partial charge in [-0.25, -0.2) is 15.0 Å². The van der Waals surface area contributed by atoms with Crippen molar-refractivity contribution in [1.82, 2.24) is 24.5 Å². The Bertz CT molecular complexity index is 1200. The Morgan fingerprint density at radius 2 is 2.11 bits per heavy atom. The lowest BCUT2D eigenvalue weighted by atomic mass is 10.1. The summed E-state index contributed by atoms with van der Waals surface area (Å²) in [6.45, 7) is 1.95. The summed E-state index contributed by atoms with van der Waals surface area (Å²) in [5.41, 5.74) is 8.47. The van der Waals surface area contributed by atoms with E-state index in [1.165, 1.54) is 6.33 Å². The molecule has 138 valence electrons. The number of nitrogens with zero attached hydrogens (tertiary/aromatic N) is 6. The molecule has 9 heteroatoms. The normalized spacial score (nSPS) is 11.9. The third-order valence-corrected chi connectivity index (χ3v) is 4.71. The average Bonchev–Trinajstić information content (AvgIpc) is 3.10. The third-order valence-electron chi connectivity index (χ3n) is 4.40. The molecule has 0 aliphatic rings. The summed E-state index contributed by atoms with van der Waals surface area (Å²) >= 11 is 6.50. The van der Waals surface area contributed by atoms with Gasteiger partial charge in [0.15, 0.2) is 0 Å². The number of nitrogen functional groups attached to an aromatic ring is 1. The number of nitrogens with two attached hydrogens (primary N) is 1. The molecule has 3 N–H and O–H groups in total. The Morgan fingerprint density at radius 3 is 2.86 bits per heavy atom. The molecule has 0 fully saturated rings. The molecule has 0 bridgehead atoms. The first-order chi connectivity index (χ1) is 13.6.